The number of ether oxygens (including phenoxy) is 4. The Hall–Kier alpha value is -3.96. The van der Waals surface area contributed by atoms with Crippen molar-refractivity contribution < 1.29 is 38.1 Å². The van der Waals surface area contributed by atoms with E-state index in [-0.39, 0.29) is 20.6 Å². The molecule has 15 nitrogen and oxygen atoms in total. The Morgan fingerprint density at radius 3 is 1.76 bits per heavy atom. The van der Waals surface area contributed by atoms with Crippen molar-refractivity contribution in [1.29, 1.82) is 5.26 Å². The molecule has 0 bridgehead atoms. The molecule has 2 fully saturated rings. The second kappa shape index (κ2) is 15.3. The fraction of sp³-hybridized carbons (Fsp3) is 0.778. The number of hydrogen-bond acceptors (Lipinski definition) is 12. The molecule has 2 aliphatic heterocycles. The summed E-state index contributed by atoms with van der Waals surface area (Å²) in [5, 5.41) is 22.8. The molecule has 236 valence electrons. The van der Waals surface area contributed by atoms with Crippen LogP contribution in [0.25, 0.3) is 0 Å². The van der Waals surface area contributed by atoms with Crippen LogP contribution in [-0.2, 0) is 28.5 Å². The summed E-state index contributed by atoms with van der Waals surface area (Å²) in [5.74, 6) is -0.567. The summed E-state index contributed by atoms with van der Waals surface area (Å²) >= 11 is 0. The summed E-state index contributed by atoms with van der Waals surface area (Å²) in [6.45, 7) is 14.4. The Kier molecular flexibility index (Phi) is 13.2. The van der Waals surface area contributed by atoms with E-state index in [1.54, 1.807) is 55.4 Å². The van der Waals surface area contributed by atoms with E-state index in [0.717, 1.165) is 0 Å². The van der Waals surface area contributed by atoms with Crippen molar-refractivity contribution in [3.63, 3.8) is 0 Å². The first-order valence-corrected chi connectivity index (χ1v) is 13.6. The lowest BCUT2D eigenvalue weighted by atomic mass is 10.2. The topological polar surface area (TPSA) is 190 Å². The molecule has 3 heterocycles. The molecule has 0 unspecified atom stereocenters. The Bertz CT molecular complexity index is 1090. The number of carbonyl (C=O) groups excluding carboxylic acids is 4. The monoisotopic (exact) mass is 595 g/mol. The molecule has 1 aromatic heterocycles. The van der Waals surface area contributed by atoms with Crippen molar-refractivity contribution in [3.05, 3.63) is 5.82 Å². The van der Waals surface area contributed by atoms with E-state index in [4.69, 9.17) is 24.2 Å². The molecule has 42 heavy (non-hydrogen) atoms. The summed E-state index contributed by atoms with van der Waals surface area (Å²) in [5.41, 5.74) is -1.33. The van der Waals surface area contributed by atoms with Crippen LogP contribution < -0.4 is 0 Å². The molecule has 2 saturated heterocycles. The third-order valence-corrected chi connectivity index (χ3v) is 5.90. The molecule has 1 N–H and O–H groups in total. The van der Waals surface area contributed by atoms with Gasteiger partial charge < -0.3 is 18.9 Å². The van der Waals surface area contributed by atoms with Gasteiger partial charge in [0.2, 0.25) is 0 Å². The number of likely N-dealkylation sites (tertiary alicyclic amines) is 2. The van der Waals surface area contributed by atoms with Gasteiger partial charge in [-0.3, -0.25) is 9.80 Å². The van der Waals surface area contributed by atoms with E-state index in [9.17, 15) is 19.2 Å². The number of tetrazole rings is 1. The Morgan fingerprint density at radius 2 is 1.33 bits per heavy atom. The van der Waals surface area contributed by atoms with Gasteiger partial charge in [0.05, 0.1) is 25.3 Å². The first kappa shape index (κ1) is 36.1. The molecule has 2 amide bonds. The van der Waals surface area contributed by atoms with Crippen molar-refractivity contribution in [3.8, 4) is 6.07 Å². The minimum Gasteiger partial charge on any atom is -0.464 e. The van der Waals surface area contributed by atoms with Crippen molar-refractivity contribution in [2.45, 2.75) is 124 Å². The van der Waals surface area contributed by atoms with Gasteiger partial charge in [-0.25, -0.2) is 19.2 Å². The van der Waals surface area contributed by atoms with Crippen LogP contribution >= 0.6 is 0 Å². The number of esters is 2. The molecule has 0 saturated carbocycles. The van der Waals surface area contributed by atoms with E-state index >= 15 is 0 Å². The maximum absolute atomic E-state index is 12.5. The zero-order valence-corrected chi connectivity index (χ0v) is 25.0. The summed E-state index contributed by atoms with van der Waals surface area (Å²) in [6.07, 6.45) is 0.669. The number of carbonyl (C=O) groups is 4. The lowest BCUT2D eigenvalue weighted by Gasteiger charge is -2.30. The second-order valence-corrected chi connectivity index (χ2v) is 11.4. The first-order valence-electron chi connectivity index (χ1n) is 13.6. The van der Waals surface area contributed by atoms with Gasteiger partial charge in [0.1, 0.15) is 29.3 Å². The molecule has 4 atom stereocenters. The molecule has 0 aromatic carbocycles. The van der Waals surface area contributed by atoms with Gasteiger partial charge in [0.25, 0.3) is 0 Å². The summed E-state index contributed by atoms with van der Waals surface area (Å²) in [6, 6.07) is -0.484. The van der Waals surface area contributed by atoms with Crippen molar-refractivity contribution in [2.75, 3.05) is 13.2 Å². The van der Waals surface area contributed by atoms with Crippen LogP contribution in [0.4, 0.5) is 9.59 Å². The largest absolute Gasteiger partial charge is 0.464 e. The minimum atomic E-state index is -0.723. The number of H-pyrrole nitrogens is 1. The third kappa shape index (κ3) is 9.85. The van der Waals surface area contributed by atoms with E-state index < -0.39 is 59.5 Å². The number of amides is 2. The first-order chi connectivity index (χ1) is 19.1. The minimum absolute atomic E-state index is 0. The zero-order chi connectivity index (χ0) is 31.0. The van der Waals surface area contributed by atoms with Crippen LogP contribution in [0.15, 0.2) is 0 Å². The Morgan fingerprint density at radius 1 is 0.857 bits per heavy atom. The van der Waals surface area contributed by atoms with Crippen molar-refractivity contribution in [2.24, 2.45) is 0 Å². The molecule has 2 aliphatic rings. The quantitative estimate of drug-likeness (QED) is 0.384. The van der Waals surface area contributed by atoms with Gasteiger partial charge in [0, 0.05) is 0 Å². The summed E-state index contributed by atoms with van der Waals surface area (Å²) in [7, 11) is 0. The molecular formula is C27H45N7O8. The van der Waals surface area contributed by atoms with Gasteiger partial charge in [-0.15, -0.1) is 10.2 Å². The SMILES string of the molecule is C.CCOC(=O)[C@@H]1CC[C@H](C#N)N1C(=O)OC(C)(C)C.CCOC(=O)[C@@H]1CC[C@H](c2nn[nH]n2)N1C(=O)OC(C)(C)C. The number of rotatable bonds is 5. The average molecular weight is 596 g/mol. The fourth-order valence-corrected chi connectivity index (χ4v) is 4.39. The normalized spacial score (nSPS) is 21.7. The van der Waals surface area contributed by atoms with Crippen molar-refractivity contribution in [1.82, 2.24) is 30.4 Å². The van der Waals surface area contributed by atoms with Crippen LogP contribution in [0.1, 0.15) is 100 Å². The van der Waals surface area contributed by atoms with Gasteiger partial charge in [0.15, 0.2) is 5.82 Å². The van der Waals surface area contributed by atoms with Crippen LogP contribution in [0, 0.1) is 11.3 Å². The van der Waals surface area contributed by atoms with Gasteiger partial charge in [-0.2, -0.15) is 10.5 Å². The van der Waals surface area contributed by atoms with E-state index in [1.807, 2.05) is 6.07 Å². The molecule has 1 aromatic rings. The second-order valence-electron chi connectivity index (χ2n) is 11.4. The summed E-state index contributed by atoms with van der Waals surface area (Å²) < 4.78 is 20.6. The van der Waals surface area contributed by atoms with Gasteiger partial charge >= 0.3 is 24.1 Å². The van der Waals surface area contributed by atoms with Crippen LogP contribution in [-0.4, -0.2) is 97.1 Å². The van der Waals surface area contributed by atoms with Crippen LogP contribution in [0.5, 0.6) is 0 Å². The highest BCUT2D eigenvalue weighted by molar-refractivity contribution is 5.83. The maximum atomic E-state index is 12.5. The Labute approximate surface area is 247 Å². The molecule has 3 rings (SSSR count). The van der Waals surface area contributed by atoms with Crippen molar-refractivity contribution >= 4 is 24.1 Å². The molecule has 0 radical (unpaired) electrons. The third-order valence-electron chi connectivity index (χ3n) is 5.90. The highest BCUT2D eigenvalue weighted by Crippen LogP contribution is 2.36. The lowest BCUT2D eigenvalue weighted by Crippen LogP contribution is -2.47. The maximum Gasteiger partial charge on any atom is 0.412 e. The number of aromatic nitrogens is 4. The van der Waals surface area contributed by atoms with E-state index in [1.165, 1.54) is 9.80 Å². The number of hydrogen-bond donors (Lipinski definition) is 1. The van der Waals surface area contributed by atoms with E-state index in [2.05, 4.69) is 20.6 Å². The molecular weight excluding hydrogens is 550 g/mol. The lowest BCUT2D eigenvalue weighted by molar-refractivity contribution is -0.149. The fourth-order valence-electron chi connectivity index (χ4n) is 4.39. The van der Waals surface area contributed by atoms with Gasteiger partial charge in [-0.1, -0.05) is 12.6 Å². The van der Waals surface area contributed by atoms with Crippen LogP contribution in [0.2, 0.25) is 0 Å². The van der Waals surface area contributed by atoms with Gasteiger partial charge in [-0.05, 0) is 81.1 Å². The highest BCUT2D eigenvalue weighted by Gasteiger charge is 2.46. The number of nitriles is 1. The highest BCUT2D eigenvalue weighted by atomic mass is 16.6. The average Bonchev–Trinajstić information content (AvgIpc) is 3.61. The summed E-state index contributed by atoms with van der Waals surface area (Å²) in [4.78, 5) is 51.1. The molecule has 0 spiro atoms. The van der Waals surface area contributed by atoms with E-state index in [0.29, 0.717) is 31.5 Å². The smallest absolute Gasteiger partial charge is 0.412 e. The molecule has 0 aliphatic carbocycles. The zero-order valence-electron chi connectivity index (χ0n) is 25.0. The Balaban J connectivity index is 0.000000415. The number of nitrogens with one attached hydrogen (secondary N) is 1. The predicted octanol–water partition coefficient (Wildman–Crippen LogP) is 3.68. The number of aromatic amines is 1. The predicted molar refractivity (Wildman–Crippen MR) is 149 cm³/mol. The van der Waals surface area contributed by atoms with Crippen LogP contribution in [0.3, 0.4) is 0 Å². The number of nitrogens with zero attached hydrogens (tertiary/aromatic N) is 6. The standard InChI is InChI=1S/C13H21N5O4.C13H20N2O4.CH4/c1-5-21-11(19)9-7-6-8(10-14-16-17-15-10)18(9)12(20)22-13(2,3)4;1-5-18-11(16)10-7-6-9(8-14)15(10)12(17)19-13(2,3)4;/h8-9H,5-7H2,1-4H3,(H,14,15,16,17);9-10H,5-7H2,1-4H3;1H4/t8-,9+;9-,10+;/m11./s1. The molecule has 15 heteroatoms.